The molecule has 0 bridgehead atoms. The molecule has 0 spiro atoms. The summed E-state index contributed by atoms with van der Waals surface area (Å²) in [6.07, 6.45) is -1.48. The molecule has 1 aliphatic rings. The normalized spacial score (nSPS) is 26.9. The Bertz CT molecular complexity index is 977. The van der Waals surface area contributed by atoms with Crippen LogP contribution in [-0.4, -0.2) is 42.2 Å². The first-order chi connectivity index (χ1) is 16.6. The third-order valence-corrected chi connectivity index (χ3v) is 6.36. The van der Waals surface area contributed by atoms with Crippen LogP contribution in [-0.2, 0) is 38.8 Å². The van der Waals surface area contributed by atoms with Gasteiger partial charge in [-0.1, -0.05) is 91.0 Å². The lowest BCUT2D eigenvalue weighted by Gasteiger charge is -2.48. The summed E-state index contributed by atoms with van der Waals surface area (Å²) in [5, 5.41) is 11.4. The second-order valence-electron chi connectivity index (χ2n) is 9.08. The van der Waals surface area contributed by atoms with Crippen molar-refractivity contribution in [1.29, 1.82) is 0 Å². The molecule has 5 unspecified atom stereocenters. The van der Waals surface area contributed by atoms with Crippen molar-refractivity contribution in [3.05, 3.63) is 108 Å². The molecule has 3 aromatic carbocycles. The summed E-state index contributed by atoms with van der Waals surface area (Å²) in [6, 6.07) is 30.0. The standard InChI is InChI=1S/C29H34O5/c1-29(30)18-25(31-2)26(32-19-22-12-6-3-7-13-22)27(33-20-23-14-8-4-9-15-23)28(29)34-21-24-16-10-5-11-17-24/h3-17,25-28,30H,18-21H2,1-2H3. The molecule has 1 aliphatic carbocycles. The van der Waals surface area contributed by atoms with Crippen molar-refractivity contribution >= 4 is 0 Å². The van der Waals surface area contributed by atoms with Crippen LogP contribution in [0.25, 0.3) is 0 Å². The van der Waals surface area contributed by atoms with E-state index in [2.05, 4.69) is 0 Å². The highest BCUT2D eigenvalue weighted by molar-refractivity contribution is 5.16. The zero-order valence-corrected chi connectivity index (χ0v) is 19.9. The molecule has 1 N–H and O–H groups in total. The van der Waals surface area contributed by atoms with Crippen molar-refractivity contribution in [3.8, 4) is 0 Å². The molecule has 34 heavy (non-hydrogen) atoms. The van der Waals surface area contributed by atoms with Crippen LogP contribution in [0.4, 0.5) is 0 Å². The maximum absolute atomic E-state index is 11.4. The minimum atomic E-state index is -1.15. The van der Waals surface area contributed by atoms with Gasteiger partial charge in [-0.05, 0) is 23.6 Å². The first kappa shape index (κ1) is 24.6. The average Bonchev–Trinajstić information content (AvgIpc) is 2.87. The molecule has 1 saturated carbocycles. The van der Waals surface area contributed by atoms with E-state index in [1.807, 2.05) is 91.0 Å². The van der Waals surface area contributed by atoms with Crippen LogP contribution in [0.3, 0.4) is 0 Å². The van der Waals surface area contributed by atoms with Crippen LogP contribution in [0.15, 0.2) is 91.0 Å². The Morgan fingerprint density at radius 3 is 1.53 bits per heavy atom. The molecule has 0 radical (unpaired) electrons. The van der Waals surface area contributed by atoms with Gasteiger partial charge in [0.05, 0.1) is 31.5 Å². The Balaban J connectivity index is 1.58. The van der Waals surface area contributed by atoms with E-state index in [0.717, 1.165) is 16.7 Å². The Morgan fingerprint density at radius 2 is 1.09 bits per heavy atom. The van der Waals surface area contributed by atoms with E-state index >= 15 is 0 Å². The van der Waals surface area contributed by atoms with Crippen LogP contribution in [0.1, 0.15) is 30.0 Å². The Morgan fingerprint density at radius 1 is 0.676 bits per heavy atom. The Kier molecular flexibility index (Phi) is 8.48. The van der Waals surface area contributed by atoms with Crippen LogP contribution in [0, 0.1) is 0 Å². The first-order valence-corrected chi connectivity index (χ1v) is 11.8. The summed E-state index contributed by atoms with van der Waals surface area (Å²) in [5.41, 5.74) is 2.00. The molecule has 5 atom stereocenters. The van der Waals surface area contributed by atoms with Gasteiger partial charge in [-0.15, -0.1) is 0 Å². The summed E-state index contributed by atoms with van der Waals surface area (Å²) in [5.74, 6) is 0. The molecule has 5 heteroatoms. The monoisotopic (exact) mass is 462 g/mol. The molecular formula is C29H34O5. The van der Waals surface area contributed by atoms with Gasteiger partial charge in [-0.25, -0.2) is 0 Å². The fraction of sp³-hybridized carbons (Fsp3) is 0.379. The van der Waals surface area contributed by atoms with E-state index in [9.17, 15) is 5.11 Å². The molecule has 0 amide bonds. The van der Waals surface area contributed by atoms with E-state index in [1.165, 1.54) is 0 Å². The lowest BCUT2D eigenvalue weighted by atomic mass is 9.77. The molecule has 3 aromatic rings. The lowest BCUT2D eigenvalue weighted by Crippen LogP contribution is -2.64. The van der Waals surface area contributed by atoms with Gasteiger partial charge in [-0.3, -0.25) is 0 Å². The highest BCUT2D eigenvalue weighted by Gasteiger charge is 2.53. The Labute approximate surface area is 202 Å². The summed E-state index contributed by atoms with van der Waals surface area (Å²) in [4.78, 5) is 0. The van der Waals surface area contributed by atoms with Crippen LogP contribution in [0.5, 0.6) is 0 Å². The van der Waals surface area contributed by atoms with Gasteiger partial charge in [0.1, 0.15) is 18.3 Å². The van der Waals surface area contributed by atoms with Crippen molar-refractivity contribution in [2.45, 2.75) is 63.2 Å². The van der Waals surface area contributed by atoms with E-state index in [0.29, 0.717) is 26.2 Å². The topological polar surface area (TPSA) is 57.2 Å². The highest BCUT2D eigenvalue weighted by Crippen LogP contribution is 2.37. The first-order valence-electron chi connectivity index (χ1n) is 11.8. The second-order valence-corrected chi connectivity index (χ2v) is 9.08. The number of hydrogen-bond acceptors (Lipinski definition) is 5. The highest BCUT2D eigenvalue weighted by atomic mass is 16.6. The molecule has 0 heterocycles. The van der Waals surface area contributed by atoms with Crippen LogP contribution < -0.4 is 0 Å². The van der Waals surface area contributed by atoms with Gasteiger partial charge in [0.25, 0.3) is 0 Å². The fourth-order valence-corrected chi connectivity index (χ4v) is 4.55. The van der Waals surface area contributed by atoms with Crippen molar-refractivity contribution in [3.63, 3.8) is 0 Å². The summed E-state index contributed by atoms with van der Waals surface area (Å²) in [7, 11) is 1.65. The summed E-state index contributed by atoms with van der Waals surface area (Å²) < 4.78 is 25.0. The van der Waals surface area contributed by atoms with Gasteiger partial charge in [0.2, 0.25) is 0 Å². The minimum Gasteiger partial charge on any atom is -0.387 e. The predicted octanol–water partition coefficient (Wildman–Crippen LogP) is 4.91. The quantitative estimate of drug-likeness (QED) is 0.464. The fourth-order valence-electron chi connectivity index (χ4n) is 4.55. The van der Waals surface area contributed by atoms with Gasteiger partial charge in [-0.2, -0.15) is 0 Å². The third kappa shape index (κ3) is 6.32. The van der Waals surface area contributed by atoms with Gasteiger partial charge >= 0.3 is 0 Å². The number of benzene rings is 3. The molecule has 0 saturated heterocycles. The zero-order valence-electron chi connectivity index (χ0n) is 19.9. The second kappa shape index (κ2) is 11.7. The van der Waals surface area contributed by atoms with Crippen molar-refractivity contribution < 1.29 is 24.1 Å². The van der Waals surface area contributed by atoms with Gasteiger partial charge < -0.3 is 24.1 Å². The van der Waals surface area contributed by atoms with Crippen molar-refractivity contribution in [2.75, 3.05) is 7.11 Å². The molecule has 0 aromatic heterocycles. The number of rotatable bonds is 10. The number of aliphatic hydroxyl groups is 1. The molecule has 4 rings (SSSR count). The van der Waals surface area contributed by atoms with Gasteiger partial charge in [0, 0.05) is 13.5 Å². The smallest absolute Gasteiger partial charge is 0.116 e. The number of ether oxygens (including phenoxy) is 4. The lowest BCUT2D eigenvalue weighted by molar-refractivity contribution is -0.261. The largest absolute Gasteiger partial charge is 0.387 e. The zero-order chi connectivity index (χ0) is 23.8. The van der Waals surface area contributed by atoms with Crippen LogP contribution in [0.2, 0.25) is 0 Å². The number of methoxy groups -OCH3 is 1. The maximum Gasteiger partial charge on any atom is 0.116 e. The van der Waals surface area contributed by atoms with E-state index in [1.54, 1.807) is 14.0 Å². The van der Waals surface area contributed by atoms with Crippen molar-refractivity contribution in [1.82, 2.24) is 0 Å². The van der Waals surface area contributed by atoms with E-state index in [-0.39, 0.29) is 6.10 Å². The number of hydrogen-bond donors (Lipinski definition) is 1. The Hall–Kier alpha value is -2.54. The molecule has 1 fully saturated rings. The molecular weight excluding hydrogens is 428 g/mol. The predicted molar refractivity (Wildman–Crippen MR) is 131 cm³/mol. The van der Waals surface area contributed by atoms with Crippen molar-refractivity contribution in [2.24, 2.45) is 0 Å². The van der Waals surface area contributed by atoms with Crippen LogP contribution >= 0.6 is 0 Å². The average molecular weight is 463 g/mol. The molecule has 0 aliphatic heterocycles. The molecule has 180 valence electrons. The summed E-state index contributed by atoms with van der Waals surface area (Å²) >= 11 is 0. The van der Waals surface area contributed by atoms with Gasteiger partial charge in [0.15, 0.2) is 0 Å². The minimum absolute atomic E-state index is 0.337. The van der Waals surface area contributed by atoms with E-state index in [4.69, 9.17) is 18.9 Å². The molecule has 5 nitrogen and oxygen atoms in total. The van der Waals surface area contributed by atoms with E-state index < -0.39 is 23.9 Å². The summed E-state index contributed by atoms with van der Waals surface area (Å²) in [6.45, 7) is 2.97. The maximum atomic E-state index is 11.4. The SMILES string of the molecule is COC1CC(C)(O)C(OCc2ccccc2)C(OCc2ccccc2)C1OCc1ccccc1. The third-order valence-electron chi connectivity index (χ3n) is 6.36.